The van der Waals surface area contributed by atoms with Gasteiger partial charge in [0.1, 0.15) is 17.1 Å². The van der Waals surface area contributed by atoms with Crippen LogP contribution in [0.4, 0.5) is 9.80 Å². The van der Waals surface area contributed by atoms with Crippen molar-refractivity contribution in [1.29, 1.82) is 0 Å². The Morgan fingerprint density at radius 1 is 1.24 bits per heavy atom. The molecule has 1 saturated heterocycles. The van der Waals surface area contributed by atoms with Crippen LogP contribution < -0.4 is 20.1 Å². The van der Waals surface area contributed by atoms with Gasteiger partial charge in [-0.2, -0.15) is 0 Å². The molecule has 1 atom stereocenters. The third kappa shape index (κ3) is 3.88. The van der Waals surface area contributed by atoms with Crippen molar-refractivity contribution in [2.24, 2.45) is 0 Å². The summed E-state index contributed by atoms with van der Waals surface area (Å²) in [7, 11) is 0. The summed E-state index contributed by atoms with van der Waals surface area (Å²) in [6, 6.07) is 4.26. The van der Waals surface area contributed by atoms with Gasteiger partial charge in [0, 0.05) is 4.88 Å². The summed E-state index contributed by atoms with van der Waals surface area (Å²) in [5.74, 6) is -0.706. The zero-order valence-corrected chi connectivity index (χ0v) is 19.4. The van der Waals surface area contributed by atoms with Crippen molar-refractivity contribution in [1.82, 2.24) is 10.2 Å². The molecule has 1 aromatic heterocycles. The van der Waals surface area contributed by atoms with E-state index in [0.29, 0.717) is 27.6 Å². The standard InChI is InChI=1S/C22H23N3O7S/c1-5-30-19(27)17-11(2)12(3)33-18(17)23-16(26)9-25-20(28)22(4,24-21(25)29)13-6-7-14-15(8-13)32-10-31-14/h6-8H,5,9-10H2,1-4H3,(H,23,26)(H,24,29)/t22-/m0/s1. The maximum Gasteiger partial charge on any atom is 0.341 e. The molecule has 0 radical (unpaired) electrons. The van der Waals surface area contributed by atoms with Gasteiger partial charge in [-0.05, 0) is 51.0 Å². The number of esters is 1. The lowest BCUT2D eigenvalue weighted by Gasteiger charge is -2.22. The average Bonchev–Trinajstić information content (AvgIpc) is 3.40. The van der Waals surface area contributed by atoms with Gasteiger partial charge in [-0.25, -0.2) is 9.59 Å². The normalized spacial score (nSPS) is 19.0. The van der Waals surface area contributed by atoms with Crippen molar-refractivity contribution < 1.29 is 33.4 Å². The molecule has 4 rings (SSSR count). The summed E-state index contributed by atoms with van der Waals surface area (Å²) >= 11 is 1.23. The zero-order chi connectivity index (χ0) is 23.9. The number of nitrogens with one attached hydrogen (secondary N) is 2. The van der Waals surface area contributed by atoms with Crippen LogP contribution >= 0.6 is 11.3 Å². The highest BCUT2D eigenvalue weighted by atomic mass is 32.1. The van der Waals surface area contributed by atoms with E-state index in [2.05, 4.69) is 10.6 Å². The summed E-state index contributed by atoms with van der Waals surface area (Å²) in [6.45, 7) is 6.61. The van der Waals surface area contributed by atoms with E-state index in [0.717, 1.165) is 9.78 Å². The van der Waals surface area contributed by atoms with E-state index in [1.165, 1.54) is 11.3 Å². The predicted molar refractivity (Wildman–Crippen MR) is 119 cm³/mol. The number of carbonyl (C=O) groups is 4. The van der Waals surface area contributed by atoms with Crippen LogP contribution in [0, 0.1) is 13.8 Å². The molecule has 174 valence electrons. The van der Waals surface area contributed by atoms with E-state index in [-0.39, 0.29) is 19.0 Å². The second-order valence-electron chi connectivity index (χ2n) is 7.77. The van der Waals surface area contributed by atoms with Crippen molar-refractivity contribution in [3.05, 3.63) is 39.8 Å². The van der Waals surface area contributed by atoms with Crippen molar-refractivity contribution in [3.8, 4) is 11.5 Å². The Labute approximate surface area is 193 Å². The number of carbonyl (C=O) groups excluding carboxylic acids is 4. The SMILES string of the molecule is CCOC(=O)c1c(NC(=O)CN2C(=O)N[C@@](C)(c3ccc4c(c3)OCO4)C2=O)sc(C)c1C. The summed E-state index contributed by atoms with van der Waals surface area (Å²) in [4.78, 5) is 52.5. The number of benzene rings is 1. The number of thiophene rings is 1. The monoisotopic (exact) mass is 473 g/mol. The highest BCUT2D eigenvalue weighted by Gasteiger charge is 2.50. The maximum atomic E-state index is 13.2. The van der Waals surface area contributed by atoms with E-state index in [9.17, 15) is 19.2 Å². The van der Waals surface area contributed by atoms with E-state index < -0.39 is 35.9 Å². The predicted octanol–water partition coefficient (Wildman–Crippen LogP) is 2.68. The molecule has 0 bridgehead atoms. The molecular formula is C22H23N3O7S. The molecule has 0 spiro atoms. The Balaban J connectivity index is 1.52. The Bertz CT molecular complexity index is 1170. The van der Waals surface area contributed by atoms with Crippen molar-refractivity contribution in [2.75, 3.05) is 25.3 Å². The van der Waals surface area contributed by atoms with Gasteiger partial charge in [-0.3, -0.25) is 14.5 Å². The van der Waals surface area contributed by atoms with Crippen LogP contribution in [-0.4, -0.2) is 48.7 Å². The van der Waals surface area contributed by atoms with Gasteiger partial charge < -0.3 is 24.8 Å². The van der Waals surface area contributed by atoms with Crippen molar-refractivity contribution in [2.45, 2.75) is 33.2 Å². The minimum absolute atomic E-state index is 0.0809. The van der Waals surface area contributed by atoms with Crippen LogP contribution in [0.15, 0.2) is 18.2 Å². The molecule has 1 aromatic carbocycles. The molecule has 1 fully saturated rings. The van der Waals surface area contributed by atoms with Crippen LogP contribution in [0.5, 0.6) is 11.5 Å². The number of urea groups is 1. The van der Waals surface area contributed by atoms with Gasteiger partial charge in [0.2, 0.25) is 12.7 Å². The quantitative estimate of drug-likeness (QED) is 0.488. The lowest BCUT2D eigenvalue weighted by molar-refractivity contribution is -0.133. The van der Waals surface area contributed by atoms with Crippen LogP contribution in [0.3, 0.4) is 0 Å². The van der Waals surface area contributed by atoms with Gasteiger partial charge in [-0.1, -0.05) is 6.07 Å². The number of aryl methyl sites for hydroxylation is 1. The molecule has 4 amide bonds. The van der Waals surface area contributed by atoms with Crippen LogP contribution in [-0.2, 0) is 19.9 Å². The second-order valence-corrected chi connectivity index (χ2v) is 9.00. The van der Waals surface area contributed by atoms with Crippen LogP contribution in [0.2, 0.25) is 0 Å². The number of fused-ring (bicyclic) bond motifs is 1. The Morgan fingerprint density at radius 2 is 1.97 bits per heavy atom. The number of hydrogen-bond donors (Lipinski definition) is 2. The minimum Gasteiger partial charge on any atom is -0.462 e. The van der Waals surface area contributed by atoms with E-state index >= 15 is 0 Å². The molecule has 2 aromatic rings. The second kappa shape index (κ2) is 8.39. The number of imide groups is 1. The molecule has 2 N–H and O–H groups in total. The Morgan fingerprint density at radius 3 is 2.70 bits per heavy atom. The third-order valence-electron chi connectivity index (χ3n) is 5.64. The lowest BCUT2D eigenvalue weighted by atomic mass is 9.91. The molecular weight excluding hydrogens is 450 g/mol. The Kier molecular flexibility index (Phi) is 5.75. The van der Waals surface area contributed by atoms with Gasteiger partial charge >= 0.3 is 12.0 Å². The van der Waals surface area contributed by atoms with Gasteiger partial charge in [0.05, 0.1) is 12.2 Å². The Hall–Kier alpha value is -3.60. The van der Waals surface area contributed by atoms with Crippen molar-refractivity contribution >= 4 is 40.2 Å². The summed E-state index contributed by atoms with van der Waals surface area (Å²) in [5, 5.41) is 5.62. The summed E-state index contributed by atoms with van der Waals surface area (Å²) in [5.41, 5.74) is 0.112. The molecule has 3 heterocycles. The fourth-order valence-corrected chi connectivity index (χ4v) is 4.78. The molecule has 2 aliphatic rings. The topological polar surface area (TPSA) is 123 Å². The van der Waals surface area contributed by atoms with Crippen LogP contribution in [0.25, 0.3) is 0 Å². The fourth-order valence-electron chi connectivity index (χ4n) is 3.72. The average molecular weight is 474 g/mol. The number of amides is 4. The smallest absolute Gasteiger partial charge is 0.341 e. The molecule has 33 heavy (non-hydrogen) atoms. The fraction of sp³-hybridized carbons (Fsp3) is 0.364. The molecule has 0 unspecified atom stereocenters. The first-order valence-electron chi connectivity index (χ1n) is 10.3. The van der Waals surface area contributed by atoms with Gasteiger partial charge in [0.15, 0.2) is 11.5 Å². The first kappa shape index (κ1) is 22.6. The molecule has 0 aliphatic carbocycles. The number of rotatable bonds is 6. The molecule has 11 heteroatoms. The molecule has 0 saturated carbocycles. The minimum atomic E-state index is -1.37. The number of anilines is 1. The lowest BCUT2D eigenvalue weighted by Crippen LogP contribution is -2.42. The third-order valence-corrected chi connectivity index (χ3v) is 6.77. The maximum absolute atomic E-state index is 13.2. The number of hydrogen-bond acceptors (Lipinski definition) is 8. The summed E-state index contributed by atoms with van der Waals surface area (Å²) < 4.78 is 15.7. The van der Waals surface area contributed by atoms with E-state index in [1.807, 2.05) is 6.92 Å². The van der Waals surface area contributed by atoms with Crippen molar-refractivity contribution in [3.63, 3.8) is 0 Å². The molecule has 10 nitrogen and oxygen atoms in total. The van der Waals surface area contributed by atoms with Gasteiger partial charge in [-0.15, -0.1) is 11.3 Å². The molecule has 2 aliphatic heterocycles. The summed E-state index contributed by atoms with van der Waals surface area (Å²) in [6.07, 6.45) is 0. The number of ether oxygens (including phenoxy) is 3. The van der Waals surface area contributed by atoms with E-state index in [4.69, 9.17) is 14.2 Å². The first-order valence-corrected chi connectivity index (χ1v) is 11.1. The zero-order valence-electron chi connectivity index (χ0n) is 18.6. The first-order chi connectivity index (χ1) is 15.7. The largest absolute Gasteiger partial charge is 0.462 e. The highest BCUT2D eigenvalue weighted by Crippen LogP contribution is 2.38. The van der Waals surface area contributed by atoms with Crippen LogP contribution in [0.1, 0.15) is 40.2 Å². The van der Waals surface area contributed by atoms with E-state index in [1.54, 1.807) is 39.0 Å². The highest BCUT2D eigenvalue weighted by molar-refractivity contribution is 7.16. The van der Waals surface area contributed by atoms with Gasteiger partial charge in [0.25, 0.3) is 5.91 Å². The number of nitrogens with zero attached hydrogens (tertiary/aromatic N) is 1.